The average molecular weight is 312 g/mol. The van der Waals surface area contributed by atoms with Gasteiger partial charge in [-0.05, 0) is 56.6 Å². The highest BCUT2D eigenvalue weighted by Gasteiger charge is 2.51. The molecule has 0 spiro atoms. The van der Waals surface area contributed by atoms with Crippen molar-refractivity contribution in [2.75, 3.05) is 0 Å². The van der Waals surface area contributed by atoms with Gasteiger partial charge in [-0.1, -0.05) is 12.1 Å². The molecule has 0 saturated heterocycles. The van der Waals surface area contributed by atoms with E-state index >= 15 is 0 Å². The van der Waals surface area contributed by atoms with Gasteiger partial charge < -0.3 is 5.32 Å². The zero-order valence-corrected chi connectivity index (χ0v) is 13.5. The lowest BCUT2D eigenvalue weighted by Crippen LogP contribution is -2.49. The van der Waals surface area contributed by atoms with Crippen LogP contribution in [0.2, 0.25) is 0 Å². The Balaban J connectivity index is 1.56. The Morgan fingerprint density at radius 2 is 2.00 bits per heavy atom. The quantitative estimate of drug-likeness (QED) is 0.902. The van der Waals surface area contributed by atoms with Gasteiger partial charge in [0.1, 0.15) is 0 Å². The van der Waals surface area contributed by atoms with Gasteiger partial charge in [0.2, 0.25) is 0 Å². The number of thiazole rings is 1. The number of carbonyl (C=O) groups excluding carboxylic acids is 1. The van der Waals surface area contributed by atoms with Crippen LogP contribution in [0.4, 0.5) is 0 Å². The van der Waals surface area contributed by atoms with Crippen LogP contribution in [0.5, 0.6) is 0 Å². The molecule has 1 N–H and O–H groups in total. The van der Waals surface area contributed by atoms with Crippen molar-refractivity contribution >= 4 is 17.2 Å². The van der Waals surface area contributed by atoms with Crippen LogP contribution in [0.15, 0.2) is 35.2 Å². The summed E-state index contributed by atoms with van der Waals surface area (Å²) in [5.41, 5.74) is 4.49. The summed E-state index contributed by atoms with van der Waals surface area (Å²) < 4.78 is 0. The minimum Gasteiger partial charge on any atom is -0.346 e. The predicted octanol–water partition coefficient (Wildman–Crippen LogP) is 4.12. The summed E-state index contributed by atoms with van der Waals surface area (Å²) in [7, 11) is 0. The molecule has 3 nitrogen and oxygen atoms in total. The van der Waals surface area contributed by atoms with Gasteiger partial charge in [0.25, 0.3) is 5.91 Å². The number of nitrogens with zero attached hydrogens (tertiary/aromatic N) is 1. The van der Waals surface area contributed by atoms with Crippen LogP contribution in [0.25, 0.3) is 11.3 Å². The van der Waals surface area contributed by atoms with Crippen LogP contribution < -0.4 is 5.32 Å². The maximum Gasteiger partial charge on any atom is 0.251 e. The summed E-state index contributed by atoms with van der Waals surface area (Å²) in [5.74, 6) is 1.40. The Labute approximate surface area is 134 Å². The molecule has 0 aliphatic heterocycles. The Kier molecular flexibility index (Phi) is 3.30. The minimum atomic E-state index is -0.00623. The van der Waals surface area contributed by atoms with Gasteiger partial charge in [-0.3, -0.25) is 4.79 Å². The van der Waals surface area contributed by atoms with Crippen molar-refractivity contribution in [3.05, 3.63) is 40.7 Å². The second-order valence-corrected chi connectivity index (χ2v) is 7.46. The van der Waals surface area contributed by atoms with Crippen LogP contribution in [0.3, 0.4) is 0 Å². The first-order valence-electron chi connectivity index (χ1n) is 7.98. The molecule has 2 aromatic rings. The summed E-state index contributed by atoms with van der Waals surface area (Å²) in [6.45, 7) is 2.24. The topological polar surface area (TPSA) is 42.0 Å². The highest BCUT2D eigenvalue weighted by molar-refractivity contribution is 7.07. The Bertz CT molecular complexity index is 675. The van der Waals surface area contributed by atoms with Gasteiger partial charge in [-0.2, -0.15) is 0 Å². The van der Waals surface area contributed by atoms with E-state index in [-0.39, 0.29) is 11.4 Å². The number of hydrogen-bond acceptors (Lipinski definition) is 3. The third-order valence-electron chi connectivity index (χ3n) is 5.09. The lowest BCUT2D eigenvalue weighted by molar-refractivity contribution is 0.0879. The molecule has 1 aromatic heterocycles. The minimum absolute atomic E-state index is 0.00623. The summed E-state index contributed by atoms with van der Waals surface area (Å²) >= 11 is 1.57. The van der Waals surface area contributed by atoms with Crippen molar-refractivity contribution in [2.24, 2.45) is 11.8 Å². The van der Waals surface area contributed by atoms with Gasteiger partial charge in [0, 0.05) is 22.0 Å². The fourth-order valence-corrected chi connectivity index (χ4v) is 3.96. The van der Waals surface area contributed by atoms with Crippen molar-refractivity contribution in [2.45, 2.75) is 38.1 Å². The van der Waals surface area contributed by atoms with Crippen molar-refractivity contribution in [1.82, 2.24) is 10.3 Å². The van der Waals surface area contributed by atoms with Gasteiger partial charge in [0.15, 0.2) is 0 Å². The summed E-state index contributed by atoms with van der Waals surface area (Å²) in [6, 6.07) is 7.79. The molecule has 4 heteroatoms. The fraction of sp³-hybridized carbons (Fsp3) is 0.444. The molecule has 1 amide bonds. The zero-order valence-electron chi connectivity index (χ0n) is 12.7. The first-order chi connectivity index (χ1) is 10.7. The number of amides is 1. The molecule has 0 atom stereocenters. The number of rotatable bonds is 5. The first-order valence-corrected chi connectivity index (χ1v) is 8.92. The zero-order chi connectivity index (χ0) is 15.2. The number of carbonyl (C=O) groups is 1. The maximum atomic E-state index is 12.7. The third-order valence-corrected chi connectivity index (χ3v) is 5.67. The summed E-state index contributed by atoms with van der Waals surface area (Å²) in [5, 5.41) is 5.36. The summed E-state index contributed by atoms with van der Waals surface area (Å²) in [6.07, 6.45) is 5.02. The monoisotopic (exact) mass is 312 g/mol. The molecule has 4 rings (SSSR count). The largest absolute Gasteiger partial charge is 0.346 e. The SMILES string of the molecule is CC(NC(=O)c1cccc(-c2cscn2)c1)(C1CC1)C1CC1. The molecule has 114 valence electrons. The van der Waals surface area contributed by atoms with E-state index in [9.17, 15) is 4.79 Å². The van der Waals surface area contributed by atoms with Crippen molar-refractivity contribution in [3.8, 4) is 11.3 Å². The smallest absolute Gasteiger partial charge is 0.251 e. The Morgan fingerprint density at radius 1 is 1.27 bits per heavy atom. The Morgan fingerprint density at radius 3 is 2.59 bits per heavy atom. The molecular formula is C18H20N2OS. The highest BCUT2D eigenvalue weighted by Crippen LogP contribution is 2.51. The molecule has 0 bridgehead atoms. The predicted molar refractivity (Wildman–Crippen MR) is 88.9 cm³/mol. The van der Waals surface area contributed by atoms with E-state index < -0.39 is 0 Å². The van der Waals surface area contributed by atoms with Gasteiger partial charge in [0.05, 0.1) is 11.2 Å². The lowest BCUT2D eigenvalue weighted by atomic mass is 9.89. The molecule has 1 heterocycles. The molecule has 0 unspecified atom stereocenters. The van der Waals surface area contributed by atoms with Crippen molar-refractivity contribution in [3.63, 3.8) is 0 Å². The summed E-state index contributed by atoms with van der Waals surface area (Å²) in [4.78, 5) is 17.0. The van der Waals surface area contributed by atoms with Gasteiger partial charge in [-0.15, -0.1) is 11.3 Å². The molecule has 2 aliphatic carbocycles. The third kappa shape index (κ3) is 2.56. The van der Waals surface area contributed by atoms with Crippen LogP contribution in [0, 0.1) is 11.8 Å². The Hall–Kier alpha value is -1.68. The van der Waals surface area contributed by atoms with Crippen LogP contribution in [-0.2, 0) is 0 Å². The normalized spacial score (nSPS) is 18.2. The standard InChI is InChI=1S/C18H20N2OS/c1-18(14-5-6-14,15-7-8-15)20-17(21)13-4-2-3-12(9-13)16-10-22-11-19-16/h2-4,9-11,14-15H,5-8H2,1H3,(H,20,21). The number of hydrogen-bond donors (Lipinski definition) is 1. The van der Waals surface area contributed by atoms with Crippen molar-refractivity contribution < 1.29 is 4.79 Å². The molecule has 2 fully saturated rings. The van der Waals surface area contributed by atoms with Crippen LogP contribution in [-0.4, -0.2) is 16.4 Å². The second kappa shape index (κ2) is 5.20. The highest BCUT2D eigenvalue weighted by atomic mass is 32.1. The number of nitrogens with one attached hydrogen (secondary N) is 1. The molecule has 0 radical (unpaired) electrons. The molecule has 1 aromatic carbocycles. The number of benzene rings is 1. The lowest BCUT2D eigenvalue weighted by Gasteiger charge is -2.31. The average Bonchev–Trinajstić information content (AvgIpc) is 3.45. The fourth-order valence-electron chi connectivity index (χ4n) is 3.40. The first kappa shape index (κ1) is 13.9. The molecular weight excluding hydrogens is 292 g/mol. The van der Waals surface area contributed by atoms with Crippen molar-refractivity contribution in [1.29, 1.82) is 0 Å². The van der Waals surface area contributed by atoms with E-state index in [4.69, 9.17) is 0 Å². The second-order valence-electron chi connectivity index (χ2n) is 6.74. The van der Waals surface area contributed by atoms with Gasteiger partial charge in [-0.25, -0.2) is 4.98 Å². The van der Waals surface area contributed by atoms with E-state index in [1.165, 1.54) is 25.7 Å². The molecule has 2 aliphatic rings. The number of aromatic nitrogens is 1. The maximum absolute atomic E-state index is 12.7. The van der Waals surface area contributed by atoms with E-state index in [1.54, 1.807) is 11.3 Å². The molecule has 22 heavy (non-hydrogen) atoms. The van der Waals surface area contributed by atoms with E-state index in [1.807, 2.05) is 35.2 Å². The van der Waals surface area contributed by atoms with E-state index in [0.717, 1.165) is 16.8 Å². The van der Waals surface area contributed by atoms with Crippen LogP contribution in [0.1, 0.15) is 43.0 Å². The van der Waals surface area contributed by atoms with E-state index in [0.29, 0.717) is 11.8 Å². The van der Waals surface area contributed by atoms with E-state index in [2.05, 4.69) is 17.2 Å². The van der Waals surface area contributed by atoms with Crippen LogP contribution >= 0.6 is 11.3 Å². The van der Waals surface area contributed by atoms with Gasteiger partial charge >= 0.3 is 0 Å². The molecule has 2 saturated carbocycles.